The summed E-state index contributed by atoms with van der Waals surface area (Å²) in [6.07, 6.45) is 7.09. The average Bonchev–Trinajstić information content (AvgIpc) is 2.96. The third-order valence-electron chi connectivity index (χ3n) is 5.64. The second-order valence-corrected chi connectivity index (χ2v) is 11.4. The van der Waals surface area contributed by atoms with Crippen molar-refractivity contribution in [1.29, 1.82) is 0 Å². The summed E-state index contributed by atoms with van der Waals surface area (Å²) >= 11 is 1.96. The highest BCUT2D eigenvalue weighted by atomic mass is 32.2. The molecule has 5 nitrogen and oxygen atoms in total. The molecule has 2 aliphatic heterocycles. The molecule has 1 aromatic heterocycles. The Hall–Kier alpha value is -1.79. The quantitative estimate of drug-likeness (QED) is 0.654. The molecule has 2 fully saturated rings. The number of likely N-dealkylation sites (tertiary alicyclic amines) is 1. The van der Waals surface area contributed by atoms with Crippen LogP contribution in [0, 0.1) is 0 Å². The van der Waals surface area contributed by atoms with Crippen molar-refractivity contribution in [1.82, 2.24) is 14.9 Å². The van der Waals surface area contributed by atoms with Crippen molar-refractivity contribution in [2.75, 3.05) is 36.4 Å². The lowest BCUT2D eigenvalue weighted by molar-refractivity contribution is 0.151. The minimum Gasteiger partial charge on any atom is -0.356 e. The molecule has 3 heterocycles. The van der Waals surface area contributed by atoms with Gasteiger partial charge in [-0.3, -0.25) is 4.90 Å². The van der Waals surface area contributed by atoms with E-state index in [1.54, 1.807) is 0 Å². The van der Waals surface area contributed by atoms with Gasteiger partial charge in [-0.05, 0) is 30.5 Å². The van der Waals surface area contributed by atoms with Gasteiger partial charge in [-0.1, -0.05) is 51.8 Å². The van der Waals surface area contributed by atoms with Crippen LogP contribution >= 0.6 is 11.8 Å². The van der Waals surface area contributed by atoms with E-state index in [9.17, 15) is 0 Å². The first-order valence-electron chi connectivity index (χ1n) is 11.3. The predicted octanol–water partition coefficient (Wildman–Crippen LogP) is 5.04. The topological polar surface area (TPSA) is 44.3 Å². The number of benzene rings is 1. The number of rotatable bonds is 6. The maximum Gasteiger partial charge on any atom is 0.224 e. The van der Waals surface area contributed by atoms with Gasteiger partial charge in [-0.2, -0.15) is 4.98 Å². The summed E-state index contributed by atoms with van der Waals surface area (Å²) < 4.78 is 0.227. The van der Waals surface area contributed by atoms with E-state index in [0.29, 0.717) is 6.04 Å². The van der Waals surface area contributed by atoms with E-state index in [0.717, 1.165) is 44.5 Å². The molecule has 6 heteroatoms. The molecule has 30 heavy (non-hydrogen) atoms. The Labute approximate surface area is 185 Å². The van der Waals surface area contributed by atoms with Gasteiger partial charge < -0.3 is 10.2 Å². The summed E-state index contributed by atoms with van der Waals surface area (Å²) in [5, 5.41) is 3.55. The standard InChI is InChI=1S/C24H35N5S/c1-24(2,3)30-21-11-7-6-10-19(21)16-28-17-20(18-28)26-23-25-13-12-22(27-23)29-14-8-4-5-9-15-29/h6-7,10-13,20H,4-5,8-9,14-18H2,1-3H3,(H,25,26,27). The molecule has 0 aliphatic carbocycles. The van der Waals surface area contributed by atoms with Crippen molar-refractivity contribution in [3.05, 3.63) is 42.1 Å². The van der Waals surface area contributed by atoms with Crippen LogP contribution in [0.15, 0.2) is 41.4 Å². The van der Waals surface area contributed by atoms with Crippen molar-refractivity contribution < 1.29 is 0 Å². The predicted molar refractivity (Wildman–Crippen MR) is 127 cm³/mol. The summed E-state index contributed by atoms with van der Waals surface area (Å²) in [7, 11) is 0. The van der Waals surface area contributed by atoms with Gasteiger partial charge in [0.1, 0.15) is 5.82 Å². The summed E-state index contributed by atoms with van der Waals surface area (Å²) in [6.45, 7) is 12.1. The van der Waals surface area contributed by atoms with E-state index in [-0.39, 0.29) is 4.75 Å². The third kappa shape index (κ3) is 5.88. The van der Waals surface area contributed by atoms with Crippen molar-refractivity contribution in [3.8, 4) is 0 Å². The maximum absolute atomic E-state index is 4.81. The maximum atomic E-state index is 4.81. The number of aromatic nitrogens is 2. The van der Waals surface area contributed by atoms with E-state index >= 15 is 0 Å². The number of hydrogen-bond donors (Lipinski definition) is 1. The number of thioether (sulfide) groups is 1. The molecule has 2 aromatic rings. The van der Waals surface area contributed by atoms with Crippen LogP contribution in [0.1, 0.15) is 52.0 Å². The molecule has 0 amide bonds. The zero-order valence-corrected chi connectivity index (χ0v) is 19.4. The first-order chi connectivity index (χ1) is 14.5. The minimum atomic E-state index is 0.227. The Morgan fingerprint density at radius 2 is 1.77 bits per heavy atom. The van der Waals surface area contributed by atoms with Gasteiger partial charge in [0, 0.05) is 48.6 Å². The summed E-state index contributed by atoms with van der Waals surface area (Å²) in [4.78, 5) is 15.6. The smallest absolute Gasteiger partial charge is 0.224 e. The highest BCUT2D eigenvalue weighted by molar-refractivity contribution is 8.00. The van der Waals surface area contributed by atoms with Crippen LogP contribution in [-0.4, -0.2) is 51.8 Å². The Morgan fingerprint density at radius 3 is 2.50 bits per heavy atom. The highest BCUT2D eigenvalue weighted by Crippen LogP contribution is 2.35. The summed E-state index contributed by atoms with van der Waals surface area (Å²) in [6, 6.07) is 11.3. The van der Waals surface area contributed by atoms with Crippen LogP contribution < -0.4 is 10.2 Å². The van der Waals surface area contributed by atoms with Crippen LogP contribution in [0.3, 0.4) is 0 Å². The van der Waals surface area contributed by atoms with Crippen LogP contribution in [0.5, 0.6) is 0 Å². The molecule has 0 radical (unpaired) electrons. The fourth-order valence-corrected chi connectivity index (χ4v) is 5.24. The van der Waals surface area contributed by atoms with Crippen molar-refractivity contribution in [3.63, 3.8) is 0 Å². The minimum absolute atomic E-state index is 0.227. The zero-order chi connectivity index (χ0) is 21.0. The molecular weight excluding hydrogens is 390 g/mol. The summed E-state index contributed by atoms with van der Waals surface area (Å²) in [5.41, 5.74) is 1.43. The van der Waals surface area contributed by atoms with Gasteiger partial charge >= 0.3 is 0 Å². The molecule has 1 N–H and O–H groups in total. The molecule has 0 spiro atoms. The number of anilines is 2. The zero-order valence-electron chi connectivity index (χ0n) is 18.6. The van der Waals surface area contributed by atoms with Crippen molar-refractivity contribution in [2.45, 2.75) is 68.7 Å². The molecule has 0 bridgehead atoms. The Bertz CT molecular complexity index is 820. The van der Waals surface area contributed by atoms with Gasteiger partial charge in [-0.25, -0.2) is 4.98 Å². The Morgan fingerprint density at radius 1 is 1.03 bits per heavy atom. The first-order valence-corrected chi connectivity index (χ1v) is 12.1. The van der Waals surface area contributed by atoms with Gasteiger partial charge in [0.2, 0.25) is 5.95 Å². The molecule has 0 atom stereocenters. The van der Waals surface area contributed by atoms with Gasteiger partial charge in [0.25, 0.3) is 0 Å². The third-order valence-corrected chi connectivity index (χ3v) is 6.87. The number of nitrogens with zero attached hydrogens (tertiary/aromatic N) is 4. The second-order valence-electron chi connectivity index (χ2n) is 9.50. The lowest BCUT2D eigenvalue weighted by Gasteiger charge is -2.40. The molecule has 2 saturated heterocycles. The number of hydrogen-bond acceptors (Lipinski definition) is 6. The monoisotopic (exact) mass is 425 g/mol. The van der Waals surface area contributed by atoms with E-state index in [2.05, 4.69) is 65.1 Å². The molecule has 1 aromatic carbocycles. The molecular formula is C24H35N5S. The molecule has 2 aliphatic rings. The Kier molecular flexibility index (Phi) is 6.84. The normalized spacial score (nSPS) is 18.7. The van der Waals surface area contributed by atoms with Gasteiger partial charge in [0.05, 0.1) is 6.04 Å². The van der Waals surface area contributed by atoms with Gasteiger partial charge in [-0.15, -0.1) is 11.8 Å². The number of nitrogens with one attached hydrogen (secondary N) is 1. The Balaban J connectivity index is 1.30. The van der Waals surface area contributed by atoms with E-state index in [4.69, 9.17) is 4.98 Å². The fraction of sp³-hybridized carbons (Fsp3) is 0.583. The fourth-order valence-electron chi connectivity index (χ4n) is 4.17. The average molecular weight is 426 g/mol. The van der Waals surface area contributed by atoms with E-state index < -0.39 is 0 Å². The molecule has 162 valence electrons. The van der Waals surface area contributed by atoms with Crippen molar-refractivity contribution >= 4 is 23.5 Å². The summed E-state index contributed by atoms with van der Waals surface area (Å²) in [5.74, 6) is 1.84. The molecule has 0 unspecified atom stereocenters. The van der Waals surface area contributed by atoms with Crippen LogP contribution in [0.25, 0.3) is 0 Å². The first kappa shape index (κ1) is 21.4. The SMILES string of the molecule is CC(C)(C)Sc1ccccc1CN1CC(Nc2nccc(N3CCCCCC3)n2)C1. The largest absolute Gasteiger partial charge is 0.356 e. The van der Waals surface area contributed by atoms with E-state index in [1.165, 1.54) is 36.1 Å². The van der Waals surface area contributed by atoms with Crippen LogP contribution in [0.4, 0.5) is 11.8 Å². The lowest BCUT2D eigenvalue weighted by Crippen LogP contribution is -2.54. The molecule has 0 saturated carbocycles. The lowest BCUT2D eigenvalue weighted by atomic mass is 10.1. The molecule has 4 rings (SSSR count). The van der Waals surface area contributed by atoms with Crippen LogP contribution in [-0.2, 0) is 6.54 Å². The van der Waals surface area contributed by atoms with E-state index in [1.807, 2.05) is 24.0 Å². The van der Waals surface area contributed by atoms with Gasteiger partial charge in [0.15, 0.2) is 0 Å². The van der Waals surface area contributed by atoms with Crippen molar-refractivity contribution in [2.24, 2.45) is 0 Å². The van der Waals surface area contributed by atoms with Crippen LogP contribution in [0.2, 0.25) is 0 Å². The highest BCUT2D eigenvalue weighted by Gasteiger charge is 2.28. The second kappa shape index (κ2) is 9.56.